The summed E-state index contributed by atoms with van der Waals surface area (Å²) in [6.45, 7) is 2.06. The Balaban J connectivity index is 1.36. The Morgan fingerprint density at radius 3 is 2.55 bits per heavy atom. The molecular weight excluding hydrogens is 428 g/mol. The molecule has 0 atom stereocenters. The van der Waals surface area contributed by atoms with Crippen LogP contribution in [0.15, 0.2) is 65.3 Å². The number of aryl methyl sites for hydroxylation is 1. The molecule has 0 fully saturated rings. The van der Waals surface area contributed by atoms with Crippen LogP contribution in [0, 0.1) is 6.92 Å². The van der Waals surface area contributed by atoms with Crippen molar-refractivity contribution >= 4 is 34.1 Å². The predicted octanol–water partition coefficient (Wildman–Crippen LogP) is 5.26. The molecule has 6 nitrogen and oxygen atoms in total. The number of amides is 1. The zero-order valence-electron chi connectivity index (χ0n) is 17.5. The zero-order chi connectivity index (χ0) is 21.8. The van der Waals surface area contributed by atoms with Crippen molar-refractivity contribution in [3.05, 3.63) is 65.7 Å². The van der Waals surface area contributed by atoms with E-state index in [-0.39, 0.29) is 11.7 Å². The molecule has 0 bridgehead atoms. The van der Waals surface area contributed by atoms with Crippen LogP contribution in [-0.4, -0.2) is 33.3 Å². The molecule has 2 aromatic carbocycles. The highest BCUT2D eigenvalue weighted by atomic mass is 32.2. The van der Waals surface area contributed by atoms with Gasteiger partial charge in [0.1, 0.15) is 5.75 Å². The largest absolute Gasteiger partial charge is 0.497 e. The first kappa shape index (κ1) is 21.1. The molecule has 1 amide bonds. The molecule has 0 saturated heterocycles. The number of anilines is 1. The molecule has 2 heterocycles. The van der Waals surface area contributed by atoms with Gasteiger partial charge in [-0.15, -0.1) is 11.3 Å². The number of hydrogen-bond acceptors (Lipinski definition) is 6. The van der Waals surface area contributed by atoms with Crippen molar-refractivity contribution < 1.29 is 9.53 Å². The standard InChI is InChI=1S/C23H22N4O2S2/c1-15-4-6-17(7-5-15)20-12-24-23(27(20)2)31-14-21(28)26-22-25-19(13-30-22)16-8-10-18(29-3)11-9-16/h4-13H,14H2,1-3H3,(H,25,26,28). The summed E-state index contributed by atoms with van der Waals surface area (Å²) in [5.41, 5.74) is 5.14. The monoisotopic (exact) mass is 450 g/mol. The lowest BCUT2D eigenvalue weighted by molar-refractivity contribution is -0.113. The van der Waals surface area contributed by atoms with Crippen molar-refractivity contribution in [2.75, 3.05) is 18.2 Å². The number of benzene rings is 2. The van der Waals surface area contributed by atoms with Gasteiger partial charge in [-0.05, 0) is 36.8 Å². The molecule has 1 N–H and O–H groups in total. The lowest BCUT2D eigenvalue weighted by Crippen LogP contribution is -2.14. The van der Waals surface area contributed by atoms with E-state index in [0.717, 1.165) is 33.4 Å². The van der Waals surface area contributed by atoms with Gasteiger partial charge >= 0.3 is 0 Å². The number of rotatable bonds is 7. The minimum atomic E-state index is -0.111. The molecule has 0 radical (unpaired) electrons. The van der Waals surface area contributed by atoms with Gasteiger partial charge in [-0.2, -0.15) is 0 Å². The van der Waals surface area contributed by atoms with Crippen LogP contribution in [0.2, 0.25) is 0 Å². The summed E-state index contributed by atoms with van der Waals surface area (Å²) < 4.78 is 7.19. The van der Waals surface area contributed by atoms with E-state index in [2.05, 4.69) is 46.5 Å². The fraction of sp³-hybridized carbons (Fsp3) is 0.174. The molecule has 158 valence electrons. The summed E-state index contributed by atoms with van der Waals surface area (Å²) in [6.07, 6.45) is 1.84. The molecule has 4 rings (SSSR count). The second-order valence-electron chi connectivity index (χ2n) is 6.95. The number of methoxy groups -OCH3 is 1. The van der Waals surface area contributed by atoms with Crippen LogP contribution in [0.5, 0.6) is 5.75 Å². The van der Waals surface area contributed by atoms with Crippen LogP contribution in [-0.2, 0) is 11.8 Å². The molecule has 0 unspecified atom stereocenters. The summed E-state index contributed by atoms with van der Waals surface area (Å²) in [4.78, 5) is 21.4. The maximum atomic E-state index is 12.4. The van der Waals surface area contributed by atoms with Gasteiger partial charge in [-0.25, -0.2) is 9.97 Å². The van der Waals surface area contributed by atoms with Crippen molar-refractivity contribution in [1.82, 2.24) is 14.5 Å². The summed E-state index contributed by atoms with van der Waals surface area (Å²) in [5, 5.41) is 6.18. The number of hydrogen-bond donors (Lipinski definition) is 1. The number of carbonyl (C=O) groups is 1. The van der Waals surface area contributed by atoms with Gasteiger partial charge in [0.15, 0.2) is 10.3 Å². The van der Waals surface area contributed by atoms with E-state index >= 15 is 0 Å². The molecule has 4 aromatic rings. The molecule has 2 aromatic heterocycles. The molecule has 0 aliphatic rings. The van der Waals surface area contributed by atoms with Crippen molar-refractivity contribution in [2.24, 2.45) is 7.05 Å². The molecule has 31 heavy (non-hydrogen) atoms. The lowest BCUT2D eigenvalue weighted by atomic mass is 10.1. The van der Waals surface area contributed by atoms with Gasteiger partial charge in [-0.1, -0.05) is 41.6 Å². The smallest absolute Gasteiger partial charge is 0.236 e. The minimum Gasteiger partial charge on any atom is -0.497 e. The lowest BCUT2D eigenvalue weighted by Gasteiger charge is -2.06. The highest BCUT2D eigenvalue weighted by Crippen LogP contribution is 2.28. The van der Waals surface area contributed by atoms with Crippen LogP contribution < -0.4 is 10.1 Å². The van der Waals surface area contributed by atoms with Crippen molar-refractivity contribution in [3.8, 4) is 28.3 Å². The van der Waals surface area contributed by atoms with Gasteiger partial charge in [0.05, 0.1) is 30.4 Å². The molecular formula is C23H22N4O2S2. The molecule has 0 aliphatic heterocycles. The van der Waals surface area contributed by atoms with Crippen LogP contribution >= 0.6 is 23.1 Å². The average Bonchev–Trinajstić information content (AvgIpc) is 3.39. The number of nitrogens with zero attached hydrogens (tertiary/aromatic N) is 3. The third-order valence-corrected chi connectivity index (χ3v) is 6.56. The van der Waals surface area contributed by atoms with Gasteiger partial charge in [0.25, 0.3) is 0 Å². The molecule has 0 aliphatic carbocycles. The van der Waals surface area contributed by atoms with Crippen molar-refractivity contribution in [3.63, 3.8) is 0 Å². The number of thioether (sulfide) groups is 1. The fourth-order valence-electron chi connectivity index (χ4n) is 3.03. The quantitative estimate of drug-likeness (QED) is 0.389. The minimum absolute atomic E-state index is 0.111. The number of ether oxygens (including phenoxy) is 1. The SMILES string of the molecule is COc1ccc(-c2csc(NC(=O)CSc3ncc(-c4ccc(C)cc4)n3C)n2)cc1. The third kappa shape index (κ3) is 4.98. The Labute approximate surface area is 189 Å². The second kappa shape index (κ2) is 9.36. The first-order valence-electron chi connectivity index (χ1n) is 9.65. The van der Waals surface area contributed by atoms with Crippen LogP contribution in [0.1, 0.15) is 5.56 Å². The van der Waals surface area contributed by atoms with Gasteiger partial charge in [-0.3, -0.25) is 4.79 Å². The third-order valence-electron chi connectivity index (χ3n) is 4.76. The number of aromatic nitrogens is 3. The first-order chi connectivity index (χ1) is 15.0. The highest BCUT2D eigenvalue weighted by molar-refractivity contribution is 7.99. The van der Waals surface area contributed by atoms with Gasteiger partial charge in [0.2, 0.25) is 5.91 Å². The zero-order valence-corrected chi connectivity index (χ0v) is 19.1. The predicted molar refractivity (Wildman–Crippen MR) is 127 cm³/mol. The van der Waals surface area contributed by atoms with E-state index in [1.165, 1.54) is 28.7 Å². The molecule has 8 heteroatoms. The topological polar surface area (TPSA) is 69.0 Å². The second-order valence-corrected chi connectivity index (χ2v) is 8.75. The van der Waals surface area contributed by atoms with E-state index in [1.807, 2.05) is 47.5 Å². The van der Waals surface area contributed by atoms with Crippen molar-refractivity contribution in [1.29, 1.82) is 0 Å². The fourth-order valence-corrected chi connectivity index (χ4v) is 4.52. The summed E-state index contributed by atoms with van der Waals surface area (Å²) in [6, 6.07) is 16.0. The van der Waals surface area contributed by atoms with Crippen molar-refractivity contribution in [2.45, 2.75) is 12.1 Å². The summed E-state index contributed by atoms with van der Waals surface area (Å²) in [7, 11) is 3.60. The molecule has 0 spiro atoms. The Kier molecular flexibility index (Phi) is 6.39. The number of imidazole rings is 1. The Hall–Kier alpha value is -3.10. The molecule has 0 saturated carbocycles. The van der Waals surface area contributed by atoms with E-state index < -0.39 is 0 Å². The number of nitrogens with one attached hydrogen (secondary N) is 1. The van der Waals surface area contributed by atoms with Crippen LogP contribution in [0.3, 0.4) is 0 Å². The first-order valence-corrected chi connectivity index (χ1v) is 11.5. The normalized spacial score (nSPS) is 10.8. The Morgan fingerprint density at radius 1 is 1.13 bits per heavy atom. The van der Waals surface area contributed by atoms with E-state index in [9.17, 15) is 4.79 Å². The van der Waals surface area contributed by atoms with E-state index in [1.54, 1.807) is 7.11 Å². The number of thiazole rings is 1. The van der Waals surface area contributed by atoms with Gasteiger partial charge in [0, 0.05) is 18.0 Å². The van der Waals surface area contributed by atoms with Crippen LogP contribution in [0.25, 0.3) is 22.5 Å². The number of carbonyl (C=O) groups excluding carboxylic acids is 1. The Bertz CT molecular complexity index is 1180. The van der Waals surface area contributed by atoms with E-state index in [0.29, 0.717) is 5.13 Å². The highest BCUT2D eigenvalue weighted by Gasteiger charge is 2.13. The van der Waals surface area contributed by atoms with E-state index in [4.69, 9.17) is 4.74 Å². The summed E-state index contributed by atoms with van der Waals surface area (Å²) in [5.74, 6) is 0.945. The van der Waals surface area contributed by atoms with Crippen LogP contribution in [0.4, 0.5) is 5.13 Å². The maximum absolute atomic E-state index is 12.4. The average molecular weight is 451 g/mol. The maximum Gasteiger partial charge on any atom is 0.236 e. The Morgan fingerprint density at radius 2 is 1.84 bits per heavy atom. The van der Waals surface area contributed by atoms with Gasteiger partial charge < -0.3 is 14.6 Å². The summed E-state index contributed by atoms with van der Waals surface area (Å²) >= 11 is 2.81.